The van der Waals surface area contributed by atoms with E-state index in [1.165, 1.54) is 25.3 Å². The average molecular weight is 397 g/mol. The van der Waals surface area contributed by atoms with E-state index in [2.05, 4.69) is 27.9 Å². The van der Waals surface area contributed by atoms with E-state index in [9.17, 15) is 9.59 Å². The van der Waals surface area contributed by atoms with Crippen molar-refractivity contribution >= 4 is 40.2 Å². The summed E-state index contributed by atoms with van der Waals surface area (Å²) in [7, 11) is 1.38. The minimum absolute atomic E-state index is 0.0461. The van der Waals surface area contributed by atoms with Crippen LogP contribution in [0.4, 0.5) is 5.69 Å². The van der Waals surface area contributed by atoms with Crippen LogP contribution in [-0.4, -0.2) is 24.1 Å². The Morgan fingerprint density at radius 1 is 1.19 bits per heavy atom. The maximum atomic E-state index is 12.1. The highest BCUT2D eigenvalue weighted by molar-refractivity contribution is 14.1. The summed E-state index contributed by atoms with van der Waals surface area (Å²) < 4.78 is 5.98. The quantitative estimate of drug-likeness (QED) is 0.777. The zero-order valence-electron chi connectivity index (χ0n) is 11.1. The van der Waals surface area contributed by atoms with Crippen molar-refractivity contribution in [2.24, 2.45) is 0 Å². The molecule has 0 fully saturated rings. The number of carboxylic acids is 1. The number of methoxy groups -OCH3 is 1. The number of rotatable bonds is 4. The Labute approximate surface area is 135 Å². The van der Waals surface area contributed by atoms with Gasteiger partial charge in [0.1, 0.15) is 11.3 Å². The molecule has 0 atom stereocenters. The predicted octanol–water partition coefficient (Wildman–Crippen LogP) is 3.25. The molecular formula is C15H12INO4. The van der Waals surface area contributed by atoms with Gasteiger partial charge in [0.15, 0.2) is 0 Å². The van der Waals surface area contributed by atoms with Gasteiger partial charge in [-0.1, -0.05) is 6.07 Å². The summed E-state index contributed by atoms with van der Waals surface area (Å²) in [4.78, 5) is 23.1. The summed E-state index contributed by atoms with van der Waals surface area (Å²) in [5, 5.41) is 11.7. The van der Waals surface area contributed by atoms with Crippen LogP contribution in [0.2, 0.25) is 0 Å². The Morgan fingerprint density at radius 2 is 1.95 bits per heavy atom. The molecule has 0 saturated heterocycles. The summed E-state index contributed by atoms with van der Waals surface area (Å²) in [5.74, 6) is -1.15. The first kappa shape index (κ1) is 15.3. The SMILES string of the molecule is COc1cc(NC(=O)c2cccc(I)c2)ccc1C(=O)O. The van der Waals surface area contributed by atoms with Crippen molar-refractivity contribution < 1.29 is 19.4 Å². The van der Waals surface area contributed by atoms with Crippen LogP contribution in [-0.2, 0) is 0 Å². The zero-order chi connectivity index (χ0) is 15.4. The Morgan fingerprint density at radius 3 is 2.57 bits per heavy atom. The standard InChI is InChI=1S/C15H12INO4/c1-21-13-8-11(5-6-12(13)15(19)20)17-14(18)9-3-2-4-10(16)7-9/h2-8H,1H3,(H,17,18)(H,19,20). The van der Waals surface area contributed by atoms with E-state index in [4.69, 9.17) is 9.84 Å². The van der Waals surface area contributed by atoms with Crippen LogP contribution >= 0.6 is 22.6 Å². The number of carbonyl (C=O) groups excluding carboxylic acids is 1. The van der Waals surface area contributed by atoms with Gasteiger partial charge < -0.3 is 15.2 Å². The number of nitrogens with one attached hydrogen (secondary N) is 1. The summed E-state index contributed by atoms with van der Waals surface area (Å²) in [6, 6.07) is 11.6. The number of anilines is 1. The summed E-state index contributed by atoms with van der Waals surface area (Å²) in [5.41, 5.74) is 1.05. The van der Waals surface area contributed by atoms with Crippen LogP contribution < -0.4 is 10.1 Å². The summed E-state index contributed by atoms with van der Waals surface area (Å²) in [6.45, 7) is 0. The Hall–Kier alpha value is -2.09. The molecule has 0 aliphatic heterocycles. The van der Waals surface area contributed by atoms with Crippen molar-refractivity contribution in [3.63, 3.8) is 0 Å². The topological polar surface area (TPSA) is 75.6 Å². The molecule has 0 saturated carbocycles. The van der Waals surface area contributed by atoms with Crippen LogP contribution in [0.25, 0.3) is 0 Å². The number of halogens is 1. The molecule has 2 rings (SSSR count). The first-order valence-electron chi connectivity index (χ1n) is 5.99. The molecule has 21 heavy (non-hydrogen) atoms. The molecule has 2 aromatic carbocycles. The van der Waals surface area contributed by atoms with Gasteiger partial charge >= 0.3 is 5.97 Å². The minimum atomic E-state index is -1.08. The number of hydrogen-bond acceptors (Lipinski definition) is 3. The van der Waals surface area contributed by atoms with Crippen molar-refractivity contribution in [1.29, 1.82) is 0 Å². The molecule has 0 aromatic heterocycles. The molecule has 2 N–H and O–H groups in total. The lowest BCUT2D eigenvalue weighted by molar-refractivity contribution is 0.0693. The molecule has 5 nitrogen and oxygen atoms in total. The maximum absolute atomic E-state index is 12.1. The zero-order valence-corrected chi connectivity index (χ0v) is 13.2. The fraction of sp³-hybridized carbons (Fsp3) is 0.0667. The molecule has 0 bridgehead atoms. The van der Waals surface area contributed by atoms with Crippen molar-refractivity contribution in [2.75, 3.05) is 12.4 Å². The largest absolute Gasteiger partial charge is 0.496 e. The molecule has 0 radical (unpaired) electrons. The van der Waals surface area contributed by atoms with Crippen LogP contribution in [0.5, 0.6) is 5.75 Å². The molecule has 0 aliphatic carbocycles. The van der Waals surface area contributed by atoms with Crippen LogP contribution in [0.3, 0.4) is 0 Å². The summed E-state index contributed by atoms with van der Waals surface area (Å²) in [6.07, 6.45) is 0. The van der Waals surface area contributed by atoms with Gasteiger partial charge in [-0.15, -0.1) is 0 Å². The van der Waals surface area contributed by atoms with Crippen LogP contribution in [0, 0.1) is 3.57 Å². The Bertz CT molecular complexity index is 700. The van der Waals surface area contributed by atoms with Crippen molar-refractivity contribution in [3.8, 4) is 5.75 Å². The van der Waals surface area contributed by atoms with Crippen LogP contribution in [0.1, 0.15) is 20.7 Å². The van der Waals surface area contributed by atoms with E-state index in [1.54, 1.807) is 18.2 Å². The number of carbonyl (C=O) groups is 2. The second-order valence-corrected chi connectivity index (χ2v) is 5.43. The average Bonchev–Trinajstić information content (AvgIpc) is 2.46. The Kier molecular flexibility index (Phi) is 4.79. The molecule has 0 aliphatic rings. The van der Waals surface area contributed by atoms with Gasteiger partial charge in [0, 0.05) is 20.9 Å². The van der Waals surface area contributed by atoms with Gasteiger partial charge in [0.25, 0.3) is 5.91 Å². The van der Waals surface area contributed by atoms with E-state index >= 15 is 0 Å². The normalized spacial score (nSPS) is 10.0. The molecule has 0 spiro atoms. The van der Waals surface area contributed by atoms with Gasteiger partial charge in [0.05, 0.1) is 7.11 Å². The van der Waals surface area contributed by atoms with Crippen molar-refractivity contribution in [1.82, 2.24) is 0 Å². The number of carboxylic acid groups (broad SMARTS) is 1. The van der Waals surface area contributed by atoms with Crippen molar-refractivity contribution in [2.45, 2.75) is 0 Å². The second-order valence-electron chi connectivity index (χ2n) is 4.18. The highest BCUT2D eigenvalue weighted by atomic mass is 127. The number of aromatic carboxylic acids is 1. The smallest absolute Gasteiger partial charge is 0.339 e. The molecule has 0 unspecified atom stereocenters. The third-order valence-electron chi connectivity index (χ3n) is 2.78. The lowest BCUT2D eigenvalue weighted by atomic mass is 10.1. The molecular weight excluding hydrogens is 385 g/mol. The minimum Gasteiger partial charge on any atom is -0.496 e. The Balaban J connectivity index is 2.24. The third kappa shape index (κ3) is 3.72. The van der Waals surface area contributed by atoms with Gasteiger partial charge in [-0.05, 0) is 52.9 Å². The highest BCUT2D eigenvalue weighted by Gasteiger charge is 2.13. The monoisotopic (exact) mass is 397 g/mol. The fourth-order valence-electron chi connectivity index (χ4n) is 1.78. The fourth-order valence-corrected chi connectivity index (χ4v) is 2.32. The molecule has 108 valence electrons. The van der Waals surface area contributed by atoms with Crippen molar-refractivity contribution in [3.05, 3.63) is 57.2 Å². The third-order valence-corrected chi connectivity index (χ3v) is 3.45. The van der Waals surface area contributed by atoms with Gasteiger partial charge in [-0.2, -0.15) is 0 Å². The van der Waals surface area contributed by atoms with Gasteiger partial charge in [-0.3, -0.25) is 4.79 Å². The van der Waals surface area contributed by atoms with E-state index in [-0.39, 0.29) is 17.2 Å². The number of amides is 1. The van der Waals surface area contributed by atoms with Crippen LogP contribution in [0.15, 0.2) is 42.5 Å². The molecule has 2 aromatic rings. The first-order chi connectivity index (χ1) is 10.0. The van der Waals surface area contributed by atoms with E-state index < -0.39 is 5.97 Å². The lowest BCUT2D eigenvalue weighted by Gasteiger charge is -2.09. The van der Waals surface area contributed by atoms with E-state index in [0.29, 0.717) is 11.3 Å². The summed E-state index contributed by atoms with van der Waals surface area (Å²) >= 11 is 2.13. The van der Waals surface area contributed by atoms with E-state index in [0.717, 1.165) is 3.57 Å². The maximum Gasteiger partial charge on any atom is 0.339 e. The molecule has 6 heteroatoms. The molecule has 1 amide bonds. The number of benzene rings is 2. The lowest BCUT2D eigenvalue weighted by Crippen LogP contribution is -2.12. The van der Waals surface area contributed by atoms with Gasteiger partial charge in [0.2, 0.25) is 0 Å². The van der Waals surface area contributed by atoms with E-state index in [1.807, 2.05) is 6.07 Å². The highest BCUT2D eigenvalue weighted by Crippen LogP contribution is 2.23. The number of hydrogen-bond donors (Lipinski definition) is 2. The van der Waals surface area contributed by atoms with Gasteiger partial charge in [-0.25, -0.2) is 4.79 Å². The second kappa shape index (κ2) is 6.57. The predicted molar refractivity (Wildman–Crippen MR) is 87.1 cm³/mol. The number of ether oxygens (including phenoxy) is 1. The first-order valence-corrected chi connectivity index (χ1v) is 7.07. The molecule has 0 heterocycles.